The van der Waals surface area contributed by atoms with Gasteiger partial charge in [-0.3, -0.25) is 9.59 Å². The van der Waals surface area contributed by atoms with E-state index in [4.69, 9.17) is 5.11 Å². The average molecular weight is 255 g/mol. The van der Waals surface area contributed by atoms with E-state index in [1.54, 1.807) is 0 Å². The van der Waals surface area contributed by atoms with Crippen LogP contribution in [0.2, 0.25) is 0 Å². The van der Waals surface area contributed by atoms with Crippen LogP contribution in [0.4, 0.5) is 0 Å². The molecule has 1 aliphatic carbocycles. The fourth-order valence-corrected chi connectivity index (χ4v) is 2.71. The number of rotatable bonds is 6. The summed E-state index contributed by atoms with van der Waals surface area (Å²) >= 11 is 0. The van der Waals surface area contributed by atoms with Gasteiger partial charge < -0.3 is 10.4 Å². The molecule has 0 radical (unpaired) electrons. The summed E-state index contributed by atoms with van der Waals surface area (Å²) in [6.07, 6.45) is 3.37. The number of carboxylic acids is 1. The van der Waals surface area contributed by atoms with Crippen LogP contribution in [0.1, 0.15) is 46.5 Å². The summed E-state index contributed by atoms with van der Waals surface area (Å²) in [7, 11) is 0. The van der Waals surface area contributed by atoms with Gasteiger partial charge in [-0.15, -0.1) is 0 Å². The zero-order chi connectivity index (χ0) is 13.7. The second-order valence-electron chi connectivity index (χ2n) is 5.95. The van der Waals surface area contributed by atoms with Crippen molar-refractivity contribution in [1.82, 2.24) is 5.32 Å². The van der Waals surface area contributed by atoms with Crippen molar-refractivity contribution < 1.29 is 14.7 Å². The first-order valence-electron chi connectivity index (χ1n) is 6.92. The molecule has 0 saturated heterocycles. The van der Waals surface area contributed by atoms with Crippen molar-refractivity contribution >= 4 is 11.9 Å². The standard InChI is InChI=1S/C14H25NO3/c1-9(2)5-4-6-15-13(16)11-7-10(3)8-12(11)14(17)18/h9-12H,4-8H2,1-3H3,(H,15,16)(H,17,18)/t10?,11-,12+/m0/s1. The maximum absolute atomic E-state index is 12.0. The lowest BCUT2D eigenvalue weighted by Gasteiger charge is -2.15. The summed E-state index contributed by atoms with van der Waals surface area (Å²) in [5.74, 6) is -0.767. The number of amides is 1. The smallest absolute Gasteiger partial charge is 0.307 e. The Bertz CT molecular complexity index is 301. The summed E-state index contributed by atoms with van der Waals surface area (Å²) in [4.78, 5) is 23.1. The highest BCUT2D eigenvalue weighted by molar-refractivity contribution is 5.85. The number of carbonyl (C=O) groups is 2. The first kappa shape index (κ1) is 15.0. The quantitative estimate of drug-likeness (QED) is 0.716. The third kappa shape index (κ3) is 4.31. The average Bonchev–Trinajstić information content (AvgIpc) is 2.66. The molecule has 0 spiro atoms. The highest BCUT2D eigenvalue weighted by atomic mass is 16.4. The van der Waals surface area contributed by atoms with E-state index in [2.05, 4.69) is 19.2 Å². The molecule has 1 unspecified atom stereocenters. The van der Waals surface area contributed by atoms with E-state index in [0.717, 1.165) is 12.8 Å². The Kier molecular flexibility index (Phi) is 5.63. The summed E-state index contributed by atoms with van der Waals surface area (Å²) in [6.45, 7) is 6.98. The first-order chi connectivity index (χ1) is 8.41. The highest BCUT2D eigenvalue weighted by Gasteiger charge is 2.40. The molecule has 0 aromatic rings. The van der Waals surface area contributed by atoms with Gasteiger partial charge in [0.1, 0.15) is 0 Å². The number of nitrogens with one attached hydrogen (secondary N) is 1. The van der Waals surface area contributed by atoms with Crippen molar-refractivity contribution in [3.63, 3.8) is 0 Å². The predicted molar refractivity (Wildman–Crippen MR) is 70.1 cm³/mol. The van der Waals surface area contributed by atoms with E-state index >= 15 is 0 Å². The minimum Gasteiger partial charge on any atom is -0.481 e. The molecule has 18 heavy (non-hydrogen) atoms. The number of carbonyl (C=O) groups excluding carboxylic acids is 1. The van der Waals surface area contributed by atoms with Crippen molar-refractivity contribution in [1.29, 1.82) is 0 Å². The molecular weight excluding hydrogens is 230 g/mol. The lowest BCUT2D eigenvalue weighted by molar-refractivity contribution is -0.146. The van der Waals surface area contributed by atoms with Crippen molar-refractivity contribution in [2.45, 2.75) is 46.5 Å². The van der Waals surface area contributed by atoms with Gasteiger partial charge in [-0.05, 0) is 37.5 Å². The van der Waals surface area contributed by atoms with Crippen molar-refractivity contribution in [3.8, 4) is 0 Å². The Balaban J connectivity index is 2.38. The minimum atomic E-state index is -0.832. The monoisotopic (exact) mass is 255 g/mol. The van der Waals surface area contributed by atoms with Crippen LogP contribution >= 0.6 is 0 Å². The van der Waals surface area contributed by atoms with E-state index in [9.17, 15) is 9.59 Å². The molecule has 4 heteroatoms. The summed E-state index contributed by atoms with van der Waals surface area (Å²) in [5, 5.41) is 12.0. The van der Waals surface area contributed by atoms with Gasteiger partial charge in [-0.2, -0.15) is 0 Å². The minimum absolute atomic E-state index is 0.0736. The van der Waals surface area contributed by atoms with Gasteiger partial charge in [-0.25, -0.2) is 0 Å². The SMILES string of the molecule is CC(C)CCCNC(=O)[C@H]1CC(C)C[C@H]1C(=O)O. The lowest BCUT2D eigenvalue weighted by Crippen LogP contribution is -2.35. The van der Waals surface area contributed by atoms with Crippen LogP contribution in [0.25, 0.3) is 0 Å². The molecule has 0 aromatic heterocycles. The highest BCUT2D eigenvalue weighted by Crippen LogP contribution is 2.36. The summed E-state index contributed by atoms with van der Waals surface area (Å²) < 4.78 is 0. The topological polar surface area (TPSA) is 66.4 Å². The van der Waals surface area contributed by atoms with Gasteiger partial charge in [0, 0.05) is 6.54 Å². The third-order valence-electron chi connectivity index (χ3n) is 3.71. The van der Waals surface area contributed by atoms with E-state index in [-0.39, 0.29) is 11.8 Å². The molecule has 1 amide bonds. The molecule has 0 aliphatic heterocycles. The van der Waals surface area contributed by atoms with Gasteiger partial charge in [0.25, 0.3) is 0 Å². The van der Waals surface area contributed by atoms with E-state index in [0.29, 0.717) is 31.2 Å². The van der Waals surface area contributed by atoms with Gasteiger partial charge >= 0.3 is 5.97 Å². The molecule has 0 aromatic carbocycles. The van der Waals surface area contributed by atoms with Crippen LogP contribution in [-0.2, 0) is 9.59 Å². The van der Waals surface area contributed by atoms with E-state index in [1.807, 2.05) is 6.92 Å². The molecule has 1 saturated carbocycles. The predicted octanol–water partition coefficient (Wildman–Crippen LogP) is 2.29. The second-order valence-corrected chi connectivity index (χ2v) is 5.95. The third-order valence-corrected chi connectivity index (χ3v) is 3.71. The van der Waals surface area contributed by atoms with Gasteiger partial charge in [-0.1, -0.05) is 20.8 Å². The normalized spacial score (nSPS) is 27.4. The Morgan fingerprint density at radius 3 is 2.44 bits per heavy atom. The molecule has 4 nitrogen and oxygen atoms in total. The number of aliphatic carboxylic acids is 1. The van der Waals surface area contributed by atoms with Crippen LogP contribution in [-0.4, -0.2) is 23.5 Å². The fraction of sp³-hybridized carbons (Fsp3) is 0.857. The van der Waals surface area contributed by atoms with Crippen molar-refractivity contribution in [2.24, 2.45) is 23.7 Å². The maximum Gasteiger partial charge on any atom is 0.307 e. The zero-order valence-electron chi connectivity index (χ0n) is 11.6. The Morgan fingerprint density at radius 2 is 1.89 bits per heavy atom. The number of hydrogen-bond donors (Lipinski definition) is 2. The van der Waals surface area contributed by atoms with E-state index in [1.165, 1.54) is 0 Å². The Hall–Kier alpha value is -1.06. The molecular formula is C14H25NO3. The Morgan fingerprint density at radius 1 is 1.28 bits per heavy atom. The molecule has 1 fully saturated rings. The van der Waals surface area contributed by atoms with Crippen LogP contribution < -0.4 is 5.32 Å². The van der Waals surface area contributed by atoms with Crippen LogP contribution in [0.3, 0.4) is 0 Å². The number of hydrogen-bond acceptors (Lipinski definition) is 2. The molecule has 1 rings (SSSR count). The van der Waals surface area contributed by atoms with E-state index < -0.39 is 11.9 Å². The maximum atomic E-state index is 12.0. The van der Waals surface area contributed by atoms with Gasteiger partial charge in [0.2, 0.25) is 5.91 Å². The molecule has 2 N–H and O–H groups in total. The zero-order valence-corrected chi connectivity index (χ0v) is 11.6. The fourth-order valence-electron chi connectivity index (χ4n) is 2.71. The summed E-state index contributed by atoms with van der Waals surface area (Å²) in [5.41, 5.74) is 0. The largest absolute Gasteiger partial charge is 0.481 e. The van der Waals surface area contributed by atoms with Crippen molar-refractivity contribution in [3.05, 3.63) is 0 Å². The lowest BCUT2D eigenvalue weighted by atomic mass is 9.95. The van der Waals surface area contributed by atoms with Crippen LogP contribution in [0, 0.1) is 23.7 Å². The Labute approximate surface area is 109 Å². The second kappa shape index (κ2) is 6.76. The molecule has 0 bridgehead atoms. The van der Waals surface area contributed by atoms with Crippen molar-refractivity contribution in [2.75, 3.05) is 6.54 Å². The van der Waals surface area contributed by atoms with Crippen LogP contribution in [0.15, 0.2) is 0 Å². The molecule has 3 atom stereocenters. The van der Waals surface area contributed by atoms with Gasteiger partial charge in [0.05, 0.1) is 11.8 Å². The molecule has 104 valence electrons. The first-order valence-corrected chi connectivity index (χ1v) is 6.92. The van der Waals surface area contributed by atoms with Gasteiger partial charge in [0.15, 0.2) is 0 Å². The van der Waals surface area contributed by atoms with Crippen LogP contribution in [0.5, 0.6) is 0 Å². The molecule has 0 heterocycles. The number of carboxylic acid groups (broad SMARTS) is 1. The molecule has 1 aliphatic rings. The summed E-state index contributed by atoms with van der Waals surface area (Å²) in [6, 6.07) is 0.